The molecule has 4 rings (SSSR count). The van der Waals surface area contributed by atoms with Gasteiger partial charge in [0.2, 0.25) is 11.8 Å². The van der Waals surface area contributed by atoms with Gasteiger partial charge in [0.05, 0.1) is 17.5 Å². The maximum Gasteiger partial charge on any atom is 0.238 e. The lowest BCUT2D eigenvalue weighted by molar-refractivity contribution is -0.123. The van der Waals surface area contributed by atoms with Gasteiger partial charge >= 0.3 is 0 Å². The molecule has 1 saturated carbocycles. The maximum atomic E-state index is 12.7. The van der Waals surface area contributed by atoms with Crippen LogP contribution in [0.4, 0.5) is 5.69 Å². The van der Waals surface area contributed by atoms with Crippen LogP contribution < -0.4 is 4.90 Å². The Hall–Kier alpha value is -2.23. The number of nitrogens with zero attached hydrogens (tertiary/aromatic N) is 1. The Labute approximate surface area is 122 Å². The molecule has 2 amide bonds. The Bertz CT molecular complexity index is 676. The van der Waals surface area contributed by atoms with Crippen molar-refractivity contribution in [2.45, 2.75) is 13.3 Å². The van der Waals surface area contributed by atoms with E-state index in [4.69, 9.17) is 0 Å². The van der Waals surface area contributed by atoms with Gasteiger partial charge in [0.25, 0.3) is 0 Å². The minimum absolute atomic E-state index is 0.0714. The van der Waals surface area contributed by atoms with E-state index < -0.39 is 0 Å². The largest absolute Gasteiger partial charge is 0.295 e. The van der Waals surface area contributed by atoms with Crippen molar-refractivity contribution >= 4 is 23.3 Å². The number of hydrogen-bond acceptors (Lipinski definition) is 3. The van der Waals surface area contributed by atoms with Gasteiger partial charge in [-0.1, -0.05) is 24.3 Å². The van der Waals surface area contributed by atoms with Crippen LogP contribution in [0.25, 0.3) is 0 Å². The van der Waals surface area contributed by atoms with Crippen molar-refractivity contribution < 1.29 is 14.4 Å². The standard InChI is InChI=1S/C17H15NO3/c1-9(19)10-3-2-4-13(8-10)18-16(20)14-11-5-6-12(7-11)15(14)17(18)21/h2-6,8,11-12,14-15H,7H2,1H3/t11-,12-,14-,15-/m0/s1. The molecule has 0 unspecified atom stereocenters. The highest BCUT2D eigenvalue weighted by molar-refractivity contribution is 6.23. The van der Waals surface area contributed by atoms with Gasteiger partial charge < -0.3 is 0 Å². The third-order valence-corrected chi connectivity index (χ3v) is 4.98. The summed E-state index contributed by atoms with van der Waals surface area (Å²) in [5, 5.41) is 0. The van der Waals surface area contributed by atoms with Crippen molar-refractivity contribution in [3.8, 4) is 0 Å². The predicted octanol–water partition coefficient (Wildman–Crippen LogP) is 2.20. The summed E-state index contributed by atoms with van der Waals surface area (Å²) in [6, 6.07) is 6.77. The fraction of sp³-hybridized carbons (Fsp3) is 0.353. The first kappa shape index (κ1) is 12.5. The van der Waals surface area contributed by atoms with Gasteiger partial charge in [0.1, 0.15) is 0 Å². The maximum absolute atomic E-state index is 12.7. The van der Waals surface area contributed by atoms with E-state index in [2.05, 4.69) is 12.2 Å². The van der Waals surface area contributed by atoms with E-state index in [1.165, 1.54) is 11.8 Å². The third-order valence-electron chi connectivity index (χ3n) is 4.98. The molecule has 4 nitrogen and oxygen atoms in total. The molecule has 2 aliphatic carbocycles. The number of imide groups is 1. The summed E-state index contributed by atoms with van der Waals surface area (Å²) >= 11 is 0. The highest BCUT2D eigenvalue weighted by Gasteiger charge is 2.59. The SMILES string of the molecule is CC(=O)c1cccc(N2C(=O)[C@@H]3[C@@H](C2=O)[C@H]2C=C[C@H]3C2)c1. The highest BCUT2D eigenvalue weighted by atomic mass is 16.2. The average Bonchev–Trinajstić information content (AvgIpc) is 3.13. The normalized spacial score (nSPS) is 32.9. The van der Waals surface area contributed by atoms with Crippen molar-refractivity contribution in [2.75, 3.05) is 4.90 Å². The van der Waals surface area contributed by atoms with Gasteiger partial charge in [-0.3, -0.25) is 14.4 Å². The van der Waals surface area contributed by atoms with Crippen LogP contribution in [0.3, 0.4) is 0 Å². The Kier molecular flexibility index (Phi) is 2.46. The number of benzene rings is 1. The zero-order valence-electron chi connectivity index (χ0n) is 11.7. The molecule has 2 bridgehead atoms. The van der Waals surface area contributed by atoms with Crippen LogP contribution in [0.1, 0.15) is 23.7 Å². The Morgan fingerprint density at radius 3 is 2.29 bits per heavy atom. The summed E-state index contributed by atoms with van der Waals surface area (Å²) < 4.78 is 0. The molecule has 1 aromatic carbocycles. The van der Waals surface area contributed by atoms with Gasteiger partial charge in [-0.2, -0.15) is 0 Å². The van der Waals surface area contributed by atoms with Crippen LogP contribution in [0, 0.1) is 23.7 Å². The number of carbonyl (C=O) groups is 3. The topological polar surface area (TPSA) is 54.5 Å². The van der Waals surface area contributed by atoms with Crippen LogP contribution in [-0.4, -0.2) is 17.6 Å². The van der Waals surface area contributed by atoms with Gasteiger partial charge in [0.15, 0.2) is 5.78 Å². The number of rotatable bonds is 2. The molecule has 1 aliphatic heterocycles. The Morgan fingerprint density at radius 1 is 1.10 bits per heavy atom. The second-order valence-corrected chi connectivity index (χ2v) is 6.12. The van der Waals surface area contributed by atoms with Crippen molar-refractivity contribution in [1.29, 1.82) is 0 Å². The van der Waals surface area contributed by atoms with Gasteiger partial charge in [-0.15, -0.1) is 0 Å². The van der Waals surface area contributed by atoms with Crippen LogP contribution in [0.2, 0.25) is 0 Å². The molecule has 0 aromatic heterocycles. The molecular formula is C17H15NO3. The smallest absolute Gasteiger partial charge is 0.238 e. The lowest BCUT2D eigenvalue weighted by Gasteiger charge is -2.17. The number of ketones is 1. The summed E-state index contributed by atoms with van der Waals surface area (Å²) in [6.45, 7) is 1.48. The zero-order chi connectivity index (χ0) is 14.7. The van der Waals surface area contributed by atoms with E-state index in [0.29, 0.717) is 11.3 Å². The summed E-state index contributed by atoms with van der Waals surface area (Å²) in [4.78, 5) is 38.1. The van der Waals surface area contributed by atoms with Crippen LogP contribution in [0.15, 0.2) is 36.4 Å². The first-order chi connectivity index (χ1) is 10.1. The van der Waals surface area contributed by atoms with Gasteiger partial charge in [0, 0.05) is 5.56 Å². The van der Waals surface area contributed by atoms with Crippen molar-refractivity contribution in [3.05, 3.63) is 42.0 Å². The zero-order valence-corrected chi connectivity index (χ0v) is 11.7. The summed E-state index contributed by atoms with van der Waals surface area (Å²) in [6.07, 6.45) is 5.08. The van der Waals surface area contributed by atoms with E-state index in [0.717, 1.165) is 6.42 Å². The molecule has 0 spiro atoms. The van der Waals surface area contributed by atoms with Crippen molar-refractivity contribution in [3.63, 3.8) is 0 Å². The average molecular weight is 281 g/mol. The molecule has 4 heteroatoms. The third kappa shape index (κ3) is 1.59. The van der Waals surface area contributed by atoms with E-state index in [1.54, 1.807) is 24.3 Å². The first-order valence-corrected chi connectivity index (χ1v) is 7.25. The molecule has 0 N–H and O–H groups in total. The quantitative estimate of drug-likeness (QED) is 0.474. The lowest BCUT2D eigenvalue weighted by Crippen LogP contribution is -2.32. The monoisotopic (exact) mass is 281 g/mol. The first-order valence-electron chi connectivity index (χ1n) is 7.25. The molecule has 1 aromatic rings. The lowest BCUT2D eigenvalue weighted by atomic mass is 9.85. The molecule has 106 valence electrons. The van der Waals surface area contributed by atoms with Crippen molar-refractivity contribution in [2.24, 2.45) is 23.7 Å². The number of carbonyl (C=O) groups excluding carboxylic acids is 3. The summed E-state index contributed by atoms with van der Waals surface area (Å²) in [7, 11) is 0. The minimum atomic E-state index is -0.200. The number of anilines is 1. The molecule has 4 atom stereocenters. The number of Topliss-reactive ketones (excluding diaryl/α,β-unsaturated/α-hetero) is 1. The van der Waals surface area contributed by atoms with E-state index in [1.807, 2.05) is 0 Å². The van der Waals surface area contributed by atoms with Crippen LogP contribution in [-0.2, 0) is 9.59 Å². The number of hydrogen-bond donors (Lipinski definition) is 0. The molecule has 1 heterocycles. The fourth-order valence-corrected chi connectivity index (χ4v) is 4.02. The van der Waals surface area contributed by atoms with Gasteiger partial charge in [-0.05, 0) is 37.3 Å². The molecule has 21 heavy (non-hydrogen) atoms. The number of allylic oxidation sites excluding steroid dienone is 2. The summed E-state index contributed by atoms with van der Waals surface area (Å²) in [5.74, 6) is -0.278. The minimum Gasteiger partial charge on any atom is -0.295 e. The van der Waals surface area contributed by atoms with Gasteiger partial charge in [-0.25, -0.2) is 4.90 Å². The highest BCUT2D eigenvalue weighted by Crippen LogP contribution is 2.53. The van der Waals surface area contributed by atoms with E-state index >= 15 is 0 Å². The molecule has 2 fully saturated rings. The van der Waals surface area contributed by atoms with E-state index in [9.17, 15) is 14.4 Å². The summed E-state index contributed by atoms with van der Waals surface area (Å²) in [5.41, 5.74) is 1.04. The fourth-order valence-electron chi connectivity index (χ4n) is 4.02. The Morgan fingerprint density at radius 2 is 1.71 bits per heavy atom. The molecule has 1 saturated heterocycles. The molecular weight excluding hydrogens is 266 g/mol. The second kappa shape index (κ2) is 4.13. The Balaban J connectivity index is 1.74. The molecule has 0 radical (unpaired) electrons. The van der Waals surface area contributed by atoms with Crippen LogP contribution >= 0.6 is 0 Å². The van der Waals surface area contributed by atoms with Crippen LogP contribution in [0.5, 0.6) is 0 Å². The number of amides is 2. The molecule has 3 aliphatic rings. The second-order valence-electron chi connectivity index (χ2n) is 6.12. The number of fused-ring (bicyclic) bond motifs is 5. The predicted molar refractivity (Wildman–Crippen MR) is 76.7 cm³/mol. The van der Waals surface area contributed by atoms with Crippen molar-refractivity contribution in [1.82, 2.24) is 0 Å². The van der Waals surface area contributed by atoms with E-state index in [-0.39, 0.29) is 41.3 Å².